The number of carbonyl (C=O) groups excluding carboxylic acids is 2. The Kier molecular flexibility index (Phi) is 10.0. The van der Waals surface area contributed by atoms with E-state index in [0.29, 0.717) is 17.8 Å². The fraction of sp³-hybridized carbons (Fsp3) is 0.286. The third-order valence-corrected chi connectivity index (χ3v) is 8.30. The van der Waals surface area contributed by atoms with E-state index < -0.39 is 34.3 Å². The van der Waals surface area contributed by atoms with E-state index in [4.69, 9.17) is 0 Å². The molecule has 0 heterocycles. The van der Waals surface area contributed by atoms with E-state index in [1.165, 1.54) is 41.3 Å². The minimum atomic E-state index is -4.13. The average molecular weight is 605 g/mol. The van der Waals surface area contributed by atoms with Gasteiger partial charge in [-0.2, -0.15) is 0 Å². The Labute approximate surface area is 231 Å². The van der Waals surface area contributed by atoms with Gasteiger partial charge in [-0.1, -0.05) is 52.7 Å². The number of halogens is 2. The van der Waals surface area contributed by atoms with Gasteiger partial charge in [-0.05, 0) is 74.4 Å². The van der Waals surface area contributed by atoms with Gasteiger partial charge in [0.25, 0.3) is 10.0 Å². The Balaban J connectivity index is 2.00. The van der Waals surface area contributed by atoms with Crippen molar-refractivity contribution in [3.63, 3.8) is 0 Å². The number of nitrogens with one attached hydrogen (secondary N) is 1. The molecule has 0 aliphatic rings. The molecule has 0 aliphatic carbocycles. The van der Waals surface area contributed by atoms with Crippen molar-refractivity contribution < 1.29 is 22.4 Å². The fourth-order valence-electron chi connectivity index (χ4n) is 3.74. The first kappa shape index (κ1) is 29.3. The second-order valence-electron chi connectivity index (χ2n) is 8.92. The van der Waals surface area contributed by atoms with Crippen molar-refractivity contribution in [1.82, 2.24) is 10.2 Å². The molecule has 0 bridgehead atoms. The lowest BCUT2D eigenvalue weighted by molar-refractivity contribution is -0.139. The molecule has 202 valence electrons. The molecule has 3 rings (SSSR count). The number of hydrogen-bond donors (Lipinski definition) is 1. The van der Waals surface area contributed by atoms with Crippen molar-refractivity contribution in [2.75, 3.05) is 17.4 Å². The van der Waals surface area contributed by atoms with Crippen LogP contribution in [0, 0.1) is 12.7 Å². The summed E-state index contributed by atoms with van der Waals surface area (Å²) in [5, 5.41) is 2.79. The van der Waals surface area contributed by atoms with Gasteiger partial charge in [-0.25, -0.2) is 12.8 Å². The average Bonchev–Trinajstić information content (AvgIpc) is 2.90. The van der Waals surface area contributed by atoms with E-state index in [-0.39, 0.29) is 17.3 Å². The van der Waals surface area contributed by atoms with Crippen LogP contribution in [0.5, 0.6) is 0 Å². The fourth-order valence-corrected chi connectivity index (χ4v) is 5.42. The van der Waals surface area contributed by atoms with Crippen molar-refractivity contribution in [2.45, 2.75) is 44.7 Å². The van der Waals surface area contributed by atoms with Crippen LogP contribution in [0.1, 0.15) is 31.4 Å². The summed E-state index contributed by atoms with van der Waals surface area (Å²) in [6, 6.07) is 17.7. The largest absolute Gasteiger partial charge is 0.354 e. The predicted octanol–water partition coefficient (Wildman–Crippen LogP) is 5.04. The van der Waals surface area contributed by atoms with E-state index in [1.807, 2.05) is 13.8 Å². The molecule has 2 amide bonds. The van der Waals surface area contributed by atoms with Gasteiger partial charge < -0.3 is 10.2 Å². The lowest BCUT2D eigenvalue weighted by Gasteiger charge is -2.32. The lowest BCUT2D eigenvalue weighted by Crippen LogP contribution is -2.51. The van der Waals surface area contributed by atoms with E-state index >= 15 is 0 Å². The Morgan fingerprint density at radius 1 is 0.974 bits per heavy atom. The summed E-state index contributed by atoms with van der Waals surface area (Å²) in [6.45, 7) is 5.26. The molecule has 0 radical (unpaired) electrons. The summed E-state index contributed by atoms with van der Waals surface area (Å²) in [5.74, 6) is -1.36. The van der Waals surface area contributed by atoms with E-state index in [2.05, 4.69) is 21.2 Å². The third kappa shape index (κ3) is 7.41. The summed E-state index contributed by atoms with van der Waals surface area (Å²) in [5.41, 5.74) is 1.80. The highest BCUT2D eigenvalue weighted by atomic mass is 79.9. The highest BCUT2D eigenvalue weighted by Crippen LogP contribution is 2.26. The van der Waals surface area contributed by atoms with Crippen LogP contribution in [0.25, 0.3) is 0 Å². The number of carbonyl (C=O) groups is 2. The minimum Gasteiger partial charge on any atom is -0.354 e. The van der Waals surface area contributed by atoms with Crippen LogP contribution in [0.3, 0.4) is 0 Å². The van der Waals surface area contributed by atoms with Crippen molar-refractivity contribution >= 4 is 43.5 Å². The summed E-state index contributed by atoms with van der Waals surface area (Å²) < 4.78 is 42.8. The molecular formula is C28H31BrFN3O4S. The number of sulfonamides is 1. The van der Waals surface area contributed by atoms with Gasteiger partial charge in [0, 0.05) is 17.6 Å². The second-order valence-corrected chi connectivity index (χ2v) is 11.7. The van der Waals surface area contributed by atoms with Crippen molar-refractivity contribution in [3.8, 4) is 0 Å². The van der Waals surface area contributed by atoms with Crippen LogP contribution < -0.4 is 9.62 Å². The number of rotatable bonds is 11. The van der Waals surface area contributed by atoms with Crippen LogP contribution in [-0.2, 0) is 26.2 Å². The molecule has 3 aromatic rings. The van der Waals surface area contributed by atoms with Gasteiger partial charge in [-0.3, -0.25) is 13.9 Å². The van der Waals surface area contributed by atoms with Gasteiger partial charge in [0.2, 0.25) is 11.8 Å². The Hall–Kier alpha value is -3.24. The SMILES string of the molecule is CCCNC(=O)C(C)N(Cc1ccc(F)cc1)C(=O)CN(c1ccc(Br)cc1)S(=O)(=O)c1ccc(C)cc1. The molecular weight excluding hydrogens is 573 g/mol. The van der Waals surface area contributed by atoms with Crippen LogP contribution >= 0.6 is 15.9 Å². The Morgan fingerprint density at radius 3 is 2.16 bits per heavy atom. The van der Waals surface area contributed by atoms with Crippen LogP contribution in [0.2, 0.25) is 0 Å². The van der Waals surface area contributed by atoms with Crippen LogP contribution in [0.15, 0.2) is 82.2 Å². The molecule has 1 atom stereocenters. The smallest absolute Gasteiger partial charge is 0.264 e. The van der Waals surface area contributed by atoms with Gasteiger partial charge >= 0.3 is 0 Å². The number of amides is 2. The van der Waals surface area contributed by atoms with E-state index in [9.17, 15) is 22.4 Å². The Morgan fingerprint density at radius 2 is 1.58 bits per heavy atom. The number of hydrogen-bond acceptors (Lipinski definition) is 4. The molecule has 1 N–H and O–H groups in total. The molecule has 0 saturated heterocycles. The number of anilines is 1. The molecule has 38 heavy (non-hydrogen) atoms. The van der Waals surface area contributed by atoms with Gasteiger partial charge in [0.1, 0.15) is 18.4 Å². The first-order chi connectivity index (χ1) is 18.0. The Bertz CT molecular complexity index is 1350. The molecule has 0 saturated carbocycles. The normalized spacial score (nSPS) is 12.0. The van der Waals surface area contributed by atoms with Crippen LogP contribution in [-0.4, -0.2) is 44.3 Å². The molecule has 0 aromatic heterocycles. The zero-order chi connectivity index (χ0) is 27.9. The molecule has 0 aliphatic heterocycles. The number of aryl methyl sites for hydroxylation is 1. The zero-order valence-corrected chi connectivity index (χ0v) is 23.9. The number of benzene rings is 3. The summed E-state index contributed by atoms with van der Waals surface area (Å²) >= 11 is 3.36. The van der Waals surface area contributed by atoms with E-state index in [0.717, 1.165) is 20.8 Å². The topological polar surface area (TPSA) is 86.8 Å². The first-order valence-corrected chi connectivity index (χ1v) is 14.4. The summed E-state index contributed by atoms with van der Waals surface area (Å²) in [7, 11) is -4.13. The zero-order valence-electron chi connectivity index (χ0n) is 21.5. The molecule has 1 unspecified atom stereocenters. The van der Waals surface area contributed by atoms with Gasteiger partial charge in [-0.15, -0.1) is 0 Å². The highest BCUT2D eigenvalue weighted by molar-refractivity contribution is 9.10. The lowest BCUT2D eigenvalue weighted by atomic mass is 10.1. The van der Waals surface area contributed by atoms with Crippen molar-refractivity contribution in [2.24, 2.45) is 0 Å². The van der Waals surface area contributed by atoms with Crippen molar-refractivity contribution in [1.29, 1.82) is 0 Å². The summed E-state index contributed by atoms with van der Waals surface area (Å²) in [4.78, 5) is 28.0. The second kappa shape index (κ2) is 13.0. The standard InChI is InChI=1S/C28H31BrFN3O4S/c1-4-17-31-28(35)21(3)32(18-22-7-11-24(30)12-8-22)27(34)19-33(25-13-9-23(29)10-14-25)38(36,37)26-15-5-20(2)6-16-26/h5-16,21H,4,17-19H2,1-3H3,(H,31,35). The summed E-state index contributed by atoms with van der Waals surface area (Å²) in [6.07, 6.45) is 0.719. The molecule has 0 spiro atoms. The van der Waals surface area contributed by atoms with E-state index in [1.54, 1.807) is 43.3 Å². The van der Waals surface area contributed by atoms with Crippen LogP contribution in [0.4, 0.5) is 10.1 Å². The maximum atomic E-state index is 13.8. The quantitative estimate of drug-likeness (QED) is 0.333. The minimum absolute atomic E-state index is 0.00141. The van der Waals surface area contributed by atoms with Crippen molar-refractivity contribution in [3.05, 3.63) is 94.2 Å². The van der Waals surface area contributed by atoms with Gasteiger partial charge in [0.15, 0.2) is 0 Å². The maximum absolute atomic E-state index is 13.8. The number of nitrogens with zero attached hydrogens (tertiary/aromatic N) is 2. The molecule has 3 aromatic carbocycles. The highest BCUT2D eigenvalue weighted by Gasteiger charge is 2.32. The van der Waals surface area contributed by atoms with Gasteiger partial charge in [0.05, 0.1) is 10.6 Å². The monoisotopic (exact) mass is 603 g/mol. The molecule has 10 heteroatoms. The third-order valence-electron chi connectivity index (χ3n) is 5.99. The first-order valence-electron chi connectivity index (χ1n) is 12.2. The predicted molar refractivity (Wildman–Crippen MR) is 150 cm³/mol. The molecule has 0 fully saturated rings. The maximum Gasteiger partial charge on any atom is 0.264 e. The molecule has 7 nitrogen and oxygen atoms in total.